The molecule has 18 heavy (non-hydrogen) atoms. The molecule has 0 amide bonds. The lowest BCUT2D eigenvalue weighted by atomic mass is 9.93. The number of benzene rings is 1. The first-order chi connectivity index (χ1) is 8.44. The van der Waals surface area contributed by atoms with Crippen molar-refractivity contribution in [1.82, 2.24) is 4.57 Å². The molecule has 96 valence electrons. The summed E-state index contributed by atoms with van der Waals surface area (Å²) in [5.74, 6) is -0.193. The van der Waals surface area contributed by atoms with Gasteiger partial charge in [0.25, 0.3) is 0 Å². The molecule has 4 heteroatoms. The van der Waals surface area contributed by atoms with E-state index >= 15 is 0 Å². The number of nitrogens with zero attached hydrogens (tertiary/aromatic N) is 1. The normalized spacial score (nSPS) is 11.8. The number of ether oxygens (including phenoxy) is 1. The first kappa shape index (κ1) is 13.1. The molecule has 0 radical (unpaired) electrons. The van der Waals surface area contributed by atoms with Crippen LogP contribution in [0.5, 0.6) is 0 Å². The summed E-state index contributed by atoms with van der Waals surface area (Å²) in [5, 5.41) is 1.16. The molecule has 1 heterocycles. The lowest BCUT2D eigenvalue weighted by molar-refractivity contribution is -0.151. The molecule has 0 unspecified atom stereocenters. The minimum absolute atomic E-state index is 0.193. The molecule has 0 saturated heterocycles. The van der Waals surface area contributed by atoms with Crippen LogP contribution in [0.15, 0.2) is 34.9 Å². The van der Waals surface area contributed by atoms with Crippen LogP contribution >= 0.6 is 15.9 Å². The molecule has 0 saturated carbocycles. The molecule has 2 rings (SSSR count). The second kappa shape index (κ2) is 4.76. The fourth-order valence-corrected chi connectivity index (χ4v) is 2.45. The standard InChI is InChI=1S/C14H16BrNO2/c1-14(2,13(17)18-3)9-16-7-6-10-8-11(15)4-5-12(10)16/h4-8H,9H2,1-3H3. The van der Waals surface area contributed by atoms with Gasteiger partial charge in [0.2, 0.25) is 0 Å². The van der Waals surface area contributed by atoms with Gasteiger partial charge in [0.1, 0.15) is 0 Å². The average molecular weight is 310 g/mol. The Kier molecular flexibility index (Phi) is 3.48. The zero-order valence-corrected chi connectivity index (χ0v) is 12.3. The number of hydrogen-bond donors (Lipinski definition) is 0. The Morgan fingerprint density at radius 3 is 2.78 bits per heavy atom. The van der Waals surface area contributed by atoms with Crippen molar-refractivity contribution in [3.63, 3.8) is 0 Å². The van der Waals surface area contributed by atoms with Crippen molar-refractivity contribution in [2.45, 2.75) is 20.4 Å². The topological polar surface area (TPSA) is 31.2 Å². The highest BCUT2D eigenvalue weighted by molar-refractivity contribution is 9.10. The van der Waals surface area contributed by atoms with Crippen molar-refractivity contribution in [2.24, 2.45) is 5.41 Å². The summed E-state index contributed by atoms with van der Waals surface area (Å²) in [6.07, 6.45) is 2.00. The Labute approximate surface area is 115 Å². The summed E-state index contributed by atoms with van der Waals surface area (Å²) in [7, 11) is 1.43. The summed E-state index contributed by atoms with van der Waals surface area (Å²) in [6.45, 7) is 4.39. The Morgan fingerprint density at radius 1 is 1.39 bits per heavy atom. The number of methoxy groups -OCH3 is 1. The van der Waals surface area contributed by atoms with Crippen molar-refractivity contribution in [3.8, 4) is 0 Å². The maximum atomic E-state index is 11.7. The number of hydrogen-bond acceptors (Lipinski definition) is 2. The molecule has 0 bridgehead atoms. The van der Waals surface area contributed by atoms with Crippen LogP contribution in [0.25, 0.3) is 10.9 Å². The third-order valence-corrected chi connectivity index (χ3v) is 3.53. The smallest absolute Gasteiger partial charge is 0.313 e. The molecular formula is C14H16BrNO2. The SMILES string of the molecule is COC(=O)C(C)(C)Cn1ccc2cc(Br)ccc21. The minimum Gasteiger partial charge on any atom is -0.469 e. The highest BCUT2D eigenvalue weighted by atomic mass is 79.9. The number of fused-ring (bicyclic) bond motifs is 1. The van der Waals surface area contributed by atoms with Crippen LogP contribution in [0.1, 0.15) is 13.8 Å². The zero-order chi connectivity index (χ0) is 13.3. The van der Waals surface area contributed by atoms with Gasteiger partial charge in [-0.15, -0.1) is 0 Å². The quantitative estimate of drug-likeness (QED) is 0.811. The van der Waals surface area contributed by atoms with E-state index < -0.39 is 5.41 Å². The fourth-order valence-electron chi connectivity index (χ4n) is 2.08. The molecule has 0 aliphatic carbocycles. The van der Waals surface area contributed by atoms with Gasteiger partial charge in [0.05, 0.1) is 12.5 Å². The van der Waals surface area contributed by atoms with E-state index in [2.05, 4.69) is 26.6 Å². The molecule has 0 fully saturated rings. The molecule has 0 N–H and O–H groups in total. The van der Waals surface area contributed by atoms with Crippen LogP contribution in [0.3, 0.4) is 0 Å². The van der Waals surface area contributed by atoms with E-state index in [0.29, 0.717) is 6.54 Å². The highest BCUT2D eigenvalue weighted by Crippen LogP contribution is 2.26. The lowest BCUT2D eigenvalue weighted by Crippen LogP contribution is -2.30. The van der Waals surface area contributed by atoms with Gasteiger partial charge in [-0.1, -0.05) is 15.9 Å². The molecular weight excluding hydrogens is 294 g/mol. The van der Waals surface area contributed by atoms with Crippen molar-refractivity contribution in [2.75, 3.05) is 7.11 Å². The maximum absolute atomic E-state index is 11.7. The molecule has 1 aromatic heterocycles. The van der Waals surface area contributed by atoms with Crippen molar-refractivity contribution < 1.29 is 9.53 Å². The number of aromatic nitrogens is 1. The van der Waals surface area contributed by atoms with Crippen LogP contribution in [0.4, 0.5) is 0 Å². The molecule has 2 aromatic rings. The van der Waals surface area contributed by atoms with Gasteiger partial charge < -0.3 is 9.30 Å². The molecule has 0 aliphatic heterocycles. The number of carbonyl (C=O) groups is 1. The first-order valence-electron chi connectivity index (χ1n) is 5.77. The van der Waals surface area contributed by atoms with Gasteiger partial charge in [0, 0.05) is 28.1 Å². The van der Waals surface area contributed by atoms with E-state index in [1.807, 2.05) is 38.2 Å². The van der Waals surface area contributed by atoms with Gasteiger partial charge in [-0.2, -0.15) is 0 Å². The summed E-state index contributed by atoms with van der Waals surface area (Å²) in [6, 6.07) is 8.17. The largest absolute Gasteiger partial charge is 0.469 e. The monoisotopic (exact) mass is 309 g/mol. The zero-order valence-electron chi connectivity index (χ0n) is 10.7. The van der Waals surface area contributed by atoms with Gasteiger partial charge in [-0.05, 0) is 38.1 Å². The average Bonchev–Trinajstić information content (AvgIpc) is 2.69. The Morgan fingerprint density at radius 2 is 2.11 bits per heavy atom. The van der Waals surface area contributed by atoms with E-state index in [1.165, 1.54) is 7.11 Å². The van der Waals surface area contributed by atoms with Crippen LogP contribution in [-0.2, 0) is 16.1 Å². The maximum Gasteiger partial charge on any atom is 0.313 e. The molecule has 0 aliphatic rings. The third-order valence-electron chi connectivity index (χ3n) is 3.04. The molecule has 0 atom stereocenters. The first-order valence-corrected chi connectivity index (χ1v) is 6.56. The molecule has 1 aromatic carbocycles. The van der Waals surface area contributed by atoms with Crippen LogP contribution in [0.2, 0.25) is 0 Å². The minimum atomic E-state index is -0.534. The predicted octanol–water partition coefficient (Wildman–Crippen LogP) is 3.60. The van der Waals surface area contributed by atoms with Crippen LogP contribution < -0.4 is 0 Å². The van der Waals surface area contributed by atoms with Crippen molar-refractivity contribution >= 4 is 32.8 Å². The van der Waals surface area contributed by atoms with E-state index in [4.69, 9.17) is 4.74 Å². The Hall–Kier alpha value is -1.29. The summed E-state index contributed by atoms with van der Waals surface area (Å²) in [4.78, 5) is 11.7. The van der Waals surface area contributed by atoms with Crippen LogP contribution in [-0.4, -0.2) is 17.6 Å². The van der Waals surface area contributed by atoms with E-state index in [9.17, 15) is 4.79 Å². The van der Waals surface area contributed by atoms with Crippen molar-refractivity contribution in [1.29, 1.82) is 0 Å². The third kappa shape index (κ3) is 2.43. The van der Waals surface area contributed by atoms with Crippen molar-refractivity contribution in [3.05, 3.63) is 34.9 Å². The second-order valence-corrected chi connectivity index (χ2v) is 5.94. The van der Waals surface area contributed by atoms with Gasteiger partial charge in [0.15, 0.2) is 0 Å². The van der Waals surface area contributed by atoms with Gasteiger partial charge >= 0.3 is 5.97 Å². The predicted molar refractivity (Wildman–Crippen MR) is 75.4 cm³/mol. The van der Waals surface area contributed by atoms with E-state index in [0.717, 1.165) is 15.4 Å². The number of carbonyl (C=O) groups excluding carboxylic acids is 1. The molecule has 3 nitrogen and oxygen atoms in total. The Bertz CT molecular complexity index is 586. The van der Waals surface area contributed by atoms with E-state index in [1.54, 1.807) is 0 Å². The summed E-state index contributed by atoms with van der Waals surface area (Å²) in [5.41, 5.74) is 0.587. The summed E-state index contributed by atoms with van der Waals surface area (Å²) >= 11 is 3.45. The lowest BCUT2D eigenvalue weighted by Gasteiger charge is -2.22. The van der Waals surface area contributed by atoms with Crippen LogP contribution in [0, 0.1) is 5.41 Å². The van der Waals surface area contributed by atoms with E-state index in [-0.39, 0.29) is 5.97 Å². The fraction of sp³-hybridized carbons (Fsp3) is 0.357. The van der Waals surface area contributed by atoms with Gasteiger partial charge in [-0.3, -0.25) is 4.79 Å². The Balaban J connectivity index is 2.35. The van der Waals surface area contributed by atoms with Gasteiger partial charge in [-0.25, -0.2) is 0 Å². The summed E-state index contributed by atoms with van der Waals surface area (Å²) < 4.78 is 7.97. The number of rotatable bonds is 3. The number of esters is 1. The molecule has 0 spiro atoms. The second-order valence-electron chi connectivity index (χ2n) is 5.02. The highest BCUT2D eigenvalue weighted by Gasteiger charge is 2.29. The number of halogens is 1.